The van der Waals surface area contributed by atoms with Gasteiger partial charge in [-0.05, 0) is 46.9 Å². The van der Waals surface area contributed by atoms with Crippen LogP contribution in [-0.2, 0) is 14.4 Å². The van der Waals surface area contributed by atoms with Gasteiger partial charge in [-0.1, -0.05) is 0 Å². The van der Waals surface area contributed by atoms with Gasteiger partial charge in [-0.25, -0.2) is 0 Å². The summed E-state index contributed by atoms with van der Waals surface area (Å²) >= 11 is 2.12. The molecule has 7 nitrogen and oxygen atoms in total. The van der Waals surface area contributed by atoms with E-state index in [1.807, 2.05) is 12.1 Å². The van der Waals surface area contributed by atoms with E-state index in [9.17, 15) is 14.4 Å². The van der Waals surface area contributed by atoms with Crippen LogP contribution in [0.1, 0.15) is 0 Å². The van der Waals surface area contributed by atoms with Gasteiger partial charge in [-0.15, -0.1) is 0 Å². The molecule has 0 atom stereocenters. The highest BCUT2D eigenvalue weighted by Gasteiger charge is 2.16. The molecule has 0 saturated heterocycles. The third-order valence-corrected chi connectivity index (χ3v) is 2.93. The zero-order chi connectivity index (χ0) is 15.1. The second-order valence-corrected chi connectivity index (χ2v) is 5.23. The van der Waals surface area contributed by atoms with Crippen molar-refractivity contribution in [2.75, 3.05) is 25.0 Å². The summed E-state index contributed by atoms with van der Waals surface area (Å²) in [5.41, 5.74) is 0.570. The van der Waals surface area contributed by atoms with Crippen LogP contribution in [0.15, 0.2) is 24.3 Å². The molecule has 0 aliphatic rings. The van der Waals surface area contributed by atoms with Crippen molar-refractivity contribution in [3.8, 4) is 0 Å². The molecule has 1 aromatic rings. The molecule has 0 unspecified atom stereocenters. The number of carbonyl (C=O) groups excluding carboxylic acids is 1. The van der Waals surface area contributed by atoms with Gasteiger partial charge in [0.05, 0.1) is 19.6 Å². The molecule has 0 spiro atoms. The van der Waals surface area contributed by atoms with E-state index >= 15 is 0 Å². The highest BCUT2D eigenvalue weighted by atomic mass is 127. The number of benzene rings is 1. The van der Waals surface area contributed by atoms with Crippen LogP contribution in [0, 0.1) is 3.57 Å². The average molecular weight is 392 g/mol. The van der Waals surface area contributed by atoms with Crippen LogP contribution in [0.25, 0.3) is 0 Å². The molecule has 0 aliphatic heterocycles. The first-order chi connectivity index (χ1) is 9.36. The second-order valence-electron chi connectivity index (χ2n) is 3.99. The molecule has 3 N–H and O–H groups in total. The molecule has 1 aromatic carbocycles. The Morgan fingerprint density at radius 3 is 1.95 bits per heavy atom. The van der Waals surface area contributed by atoms with E-state index in [-0.39, 0.29) is 6.54 Å². The van der Waals surface area contributed by atoms with E-state index in [1.165, 1.54) is 0 Å². The van der Waals surface area contributed by atoms with Crippen LogP contribution < -0.4 is 5.32 Å². The maximum Gasteiger partial charge on any atom is 0.317 e. The first-order valence-electron chi connectivity index (χ1n) is 5.58. The average Bonchev–Trinajstić information content (AvgIpc) is 2.30. The molecule has 0 fully saturated rings. The highest BCUT2D eigenvalue weighted by Crippen LogP contribution is 2.11. The van der Waals surface area contributed by atoms with E-state index < -0.39 is 30.9 Å². The number of carboxylic acid groups (broad SMARTS) is 2. The predicted molar refractivity (Wildman–Crippen MR) is 79.5 cm³/mol. The van der Waals surface area contributed by atoms with Crippen molar-refractivity contribution in [2.45, 2.75) is 0 Å². The lowest BCUT2D eigenvalue weighted by Gasteiger charge is -2.17. The fourth-order valence-corrected chi connectivity index (χ4v) is 1.85. The normalized spacial score (nSPS) is 10.3. The molecular weight excluding hydrogens is 379 g/mol. The summed E-state index contributed by atoms with van der Waals surface area (Å²) in [4.78, 5) is 34.0. The number of nitrogens with one attached hydrogen (secondary N) is 1. The fourth-order valence-electron chi connectivity index (χ4n) is 1.49. The van der Waals surface area contributed by atoms with Gasteiger partial charge in [0.15, 0.2) is 0 Å². The molecule has 0 bridgehead atoms. The van der Waals surface area contributed by atoms with Crippen molar-refractivity contribution in [1.29, 1.82) is 0 Å². The number of rotatable bonds is 7. The molecule has 0 radical (unpaired) electrons. The number of carboxylic acids is 2. The van der Waals surface area contributed by atoms with Crippen LogP contribution in [0.2, 0.25) is 0 Å². The quantitative estimate of drug-likeness (QED) is 0.590. The number of hydrogen-bond donors (Lipinski definition) is 3. The van der Waals surface area contributed by atoms with E-state index in [0.717, 1.165) is 8.47 Å². The van der Waals surface area contributed by atoms with Crippen molar-refractivity contribution in [1.82, 2.24) is 4.90 Å². The van der Waals surface area contributed by atoms with E-state index in [4.69, 9.17) is 10.2 Å². The molecule has 0 saturated carbocycles. The van der Waals surface area contributed by atoms with Crippen molar-refractivity contribution in [3.05, 3.63) is 27.8 Å². The lowest BCUT2D eigenvalue weighted by Crippen LogP contribution is -2.40. The van der Waals surface area contributed by atoms with Crippen molar-refractivity contribution >= 4 is 46.1 Å². The molecule has 0 heterocycles. The zero-order valence-corrected chi connectivity index (χ0v) is 12.5. The van der Waals surface area contributed by atoms with Gasteiger partial charge in [0, 0.05) is 9.26 Å². The van der Waals surface area contributed by atoms with Crippen LogP contribution in [0.5, 0.6) is 0 Å². The Bertz CT molecular complexity index is 487. The summed E-state index contributed by atoms with van der Waals surface area (Å²) in [6.45, 7) is -1.32. The number of carbonyl (C=O) groups is 3. The minimum absolute atomic E-state index is 0.301. The maximum absolute atomic E-state index is 11.7. The van der Waals surface area contributed by atoms with Crippen LogP contribution in [0.4, 0.5) is 5.69 Å². The van der Waals surface area contributed by atoms with Crippen molar-refractivity contribution in [3.63, 3.8) is 0 Å². The summed E-state index contributed by atoms with van der Waals surface area (Å²) in [6, 6.07) is 7.03. The third-order valence-electron chi connectivity index (χ3n) is 2.21. The van der Waals surface area contributed by atoms with Crippen LogP contribution in [-0.4, -0.2) is 52.6 Å². The smallest absolute Gasteiger partial charge is 0.317 e. The summed E-state index contributed by atoms with van der Waals surface area (Å²) in [7, 11) is 0. The maximum atomic E-state index is 11.7. The van der Waals surface area contributed by atoms with Gasteiger partial charge in [-0.3, -0.25) is 19.3 Å². The molecule has 108 valence electrons. The van der Waals surface area contributed by atoms with Gasteiger partial charge in [-0.2, -0.15) is 0 Å². The highest BCUT2D eigenvalue weighted by molar-refractivity contribution is 14.1. The first-order valence-corrected chi connectivity index (χ1v) is 6.66. The largest absolute Gasteiger partial charge is 0.480 e. The molecule has 1 amide bonds. The summed E-state index contributed by atoms with van der Waals surface area (Å²) in [5, 5.41) is 19.9. The number of aliphatic carboxylic acids is 2. The van der Waals surface area contributed by atoms with Gasteiger partial charge in [0.2, 0.25) is 5.91 Å². The van der Waals surface area contributed by atoms with Crippen LogP contribution in [0.3, 0.4) is 0 Å². The number of nitrogens with zero attached hydrogens (tertiary/aromatic N) is 1. The molecule has 0 aromatic heterocycles. The number of hydrogen-bond acceptors (Lipinski definition) is 4. The van der Waals surface area contributed by atoms with Crippen molar-refractivity contribution < 1.29 is 24.6 Å². The topological polar surface area (TPSA) is 107 Å². The number of anilines is 1. The number of amides is 1. The third kappa shape index (κ3) is 6.48. The monoisotopic (exact) mass is 392 g/mol. The van der Waals surface area contributed by atoms with E-state index in [2.05, 4.69) is 27.9 Å². The minimum Gasteiger partial charge on any atom is -0.480 e. The SMILES string of the molecule is O=C(O)CN(CC(=O)O)CC(=O)Nc1ccc(I)cc1. The summed E-state index contributed by atoms with van der Waals surface area (Å²) < 4.78 is 1.01. The molecule has 8 heteroatoms. The van der Waals surface area contributed by atoms with Gasteiger partial charge >= 0.3 is 11.9 Å². The van der Waals surface area contributed by atoms with Gasteiger partial charge < -0.3 is 15.5 Å². The molecule has 20 heavy (non-hydrogen) atoms. The molecule has 0 aliphatic carbocycles. The second kappa shape index (κ2) is 7.80. The predicted octanol–water partition coefficient (Wildman–Crippen LogP) is 0.701. The van der Waals surface area contributed by atoms with Crippen LogP contribution >= 0.6 is 22.6 Å². The lowest BCUT2D eigenvalue weighted by molar-refractivity contribution is -0.142. The minimum atomic E-state index is -1.19. The Kier molecular flexibility index (Phi) is 6.39. The number of halogens is 1. The standard InChI is InChI=1S/C12H13IN2O5/c13-8-1-3-9(4-2-8)14-10(16)5-15(6-11(17)18)7-12(19)20/h1-4H,5-7H2,(H,14,16)(H,17,18)(H,19,20). The lowest BCUT2D eigenvalue weighted by atomic mass is 10.3. The zero-order valence-electron chi connectivity index (χ0n) is 10.4. The first kappa shape index (κ1) is 16.4. The Labute approximate surface area is 128 Å². The Hall–Kier alpha value is -1.68. The Morgan fingerprint density at radius 1 is 1.00 bits per heavy atom. The fraction of sp³-hybridized carbons (Fsp3) is 0.250. The molecular formula is C12H13IN2O5. The van der Waals surface area contributed by atoms with Gasteiger partial charge in [0.25, 0.3) is 0 Å². The Balaban J connectivity index is 2.58. The summed E-state index contributed by atoms with van der Waals surface area (Å²) in [5.74, 6) is -2.84. The van der Waals surface area contributed by atoms with Gasteiger partial charge in [0.1, 0.15) is 0 Å². The van der Waals surface area contributed by atoms with E-state index in [0.29, 0.717) is 5.69 Å². The Morgan fingerprint density at radius 2 is 1.50 bits per heavy atom. The molecule has 1 rings (SSSR count). The summed E-state index contributed by atoms with van der Waals surface area (Å²) in [6.07, 6.45) is 0. The van der Waals surface area contributed by atoms with E-state index in [1.54, 1.807) is 12.1 Å². The van der Waals surface area contributed by atoms with Crippen molar-refractivity contribution in [2.24, 2.45) is 0 Å².